The standard InChI is InChI=1S/C25H27NO4S/c1-25(2,3)22-14-12-20(13-15-22)18-30-24(27)21-10-7-11-23(16-21)31(28,29)26-17-19-8-5-4-6-9-19/h4-16,26H,17-18H2,1-3H3. The molecule has 0 spiro atoms. The molecule has 0 bridgehead atoms. The van der Waals surface area contributed by atoms with Crippen molar-refractivity contribution < 1.29 is 17.9 Å². The molecule has 0 heterocycles. The molecule has 0 radical (unpaired) electrons. The number of carbonyl (C=O) groups is 1. The van der Waals surface area contributed by atoms with Gasteiger partial charge in [0.05, 0.1) is 10.5 Å². The molecule has 3 aromatic carbocycles. The topological polar surface area (TPSA) is 72.5 Å². The lowest BCUT2D eigenvalue weighted by molar-refractivity contribution is 0.0472. The van der Waals surface area contributed by atoms with Crippen LogP contribution in [-0.2, 0) is 33.3 Å². The van der Waals surface area contributed by atoms with E-state index in [4.69, 9.17) is 4.74 Å². The van der Waals surface area contributed by atoms with Gasteiger partial charge in [-0.05, 0) is 40.3 Å². The van der Waals surface area contributed by atoms with Gasteiger partial charge in [0, 0.05) is 6.54 Å². The van der Waals surface area contributed by atoms with Crippen molar-refractivity contribution in [1.29, 1.82) is 0 Å². The second-order valence-corrected chi connectivity index (χ2v) is 10.1. The minimum Gasteiger partial charge on any atom is -0.457 e. The molecule has 1 N–H and O–H groups in total. The van der Waals surface area contributed by atoms with Crippen LogP contribution in [0.25, 0.3) is 0 Å². The van der Waals surface area contributed by atoms with Crippen molar-refractivity contribution in [3.8, 4) is 0 Å². The molecule has 0 amide bonds. The highest BCUT2D eigenvalue weighted by Crippen LogP contribution is 2.22. The molecule has 31 heavy (non-hydrogen) atoms. The summed E-state index contributed by atoms with van der Waals surface area (Å²) in [6, 6.07) is 23.0. The van der Waals surface area contributed by atoms with Gasteiger partial charge in [0.25, 0.3) is 0 Å². The Balaban J connectivity index is 1.64. The Morgan fingerprint density at radius 2 is 1.55 bits per heavy atom. The first kappa shape index (κ1) is 22.7. The molecular formula is C25H27NO4S. The summed E-state index contributed by atoms with van der Waals surface area (Å²) < 4.78 is 33.2. The van der Waals surface area contributed by atoms with E-state index in [9.17, 15) is 13.2 Å². The summed E-state index contributed by atoms with van der Waals surface area (Å²) >= 11 is 0. The Morgan fingerprint density at radius 3 is 2.19 bits per heavy atom. The predicted molar refractivity (Wildman–Crippen MR) is 121 cm³/mol. The third-order valence-corrected chi connectivity index (χ3v) is 6.28. The Kier molecular flexibility index (Phi) is 6.93. The lowest BCUT2D eigenvalue weighted by atomic mass is 9.87. The van der Waals surface area contributed by atoms with Crippen molar-refractivity contribution in [2.45, 2.75) is 44.2 Å². The van der Waals surface area contributed by atoms with E-state index in [0.29, 0.717) is 0 Å². The lowest BCUT2D eigenvalue weighted by Gasteiger charge is -2.19. The molecule has 5 nitrogen and oxygen atoms in total. The van der Waals surface area contributed by atoms with Crippen LogP contribution in [0.3, 0.4) is 0 Å². The molecule has 0 aliphatic heterocycles. The Hall–Kier alpha value is -2.96. The molecule has 0 saturated heterocycles. The fourth-order valence-electron chi connectivity index (χ4n) is 2.98. The van der Waals surface area contributed by atoms with Crippen LogP contribution in [0, 0.1) is 0 Å². The van der Waals surface area contributed by atoms with Crippen LogP contribution in [0.2, 0.25) is 0 Å². The minimum absolute atomic E-state index is 0.0208. The average molecular weight is 438 g/mol. The number of rotatable bonds is 7. The van der Waals surface area contributed by atoms with Gasteiger partial charge in [0.1, 0.15) is 6.61 Å². The average Bonchev–Trinajstić information content (AvgIpc) is 2.76. The van der Waals surface area contributed by atoms with E-state index in [1.165, 1.54) is 23.8 Å². The number of hydrogen-bond acceptors (Lipinski definition) is 4. The minimum atomic E-state index is -3.76. The van der Waals surface area contributed by atoms with Crippen LogP contribution >= 0.6 is 0 Å². The van der Waals surface area contributed by atoms with E-state index in [2.05, 4.69) is 25.5 Å². The van der Waals surface area contributed by atoms with Crippen LogP contribution in [-0.4, -0.2) is 14.4 Å². The van der Waals surface area contributed by atoms with Gasteiger partial charge in [0.2, 0.25) is 10.0 Å². The largest absolute Gasteiger partial charge is 0.457 e. The zero-order chi connectivity index (χ0) is 22.5. The fraction of sp³-hybridized carbons (Fsp3) is 0.240. The number of benzene rings is 3. The molecule has 3 aromatic rings. The zero-order valence-electron chi connectivity index (χ0n) is 18.0. The van der Waals surface area contributed by atoms with E-state index in [0.717, 1.165) is 11.1 Å². The first-order valence-corrected chi connectivity index (χ1v) is 11.5. The molecule has 3 rings (SSSR count). The third kappa shape index (κ3) is 6.26. The summed E-state index contributed by atoms with van der Waals surface area (Å²) in [5.41, 5.74) is 3.15. The molecule has 0 saturated carbocycles. The van der Waals surface area contributed by atoms with Crippen molar-refractivity contribution in [2.75, 3.05) is 0 Å². The van der Waals surface area contributed by atoms with Crippen molar-refractivity contribution in [2.24, 2.45) is 0 Å². The van der Waals surface area contributed by atoms with Crippen molar-refractivity contribution in [3.63, 3.8) is 0 Å². The summed E-state index contributed by atoms with van der Waals surface area (Å²) in [7, 11) is -3.76. The fourth-order valence-corrected chi connectivity index (χ4v) is 4.04. The normalized spacial score (nSPS) is 11.8. The lowest BCUT2D eigenvalue weighted by Crippen LogP contribution is -2.23. The predicted octanol–water partition coefficient (Wildman–Crippen LogP) is 4.82. The maximum atomic E-state index is 12.6. The third-order valence-electron chi connectivity index (χ3n) is 4.88. The molecule has 0 unspecified atom stereocenters. The summed E-state index contributed by atoms with van der Waals surface area (Å²) in [6.07, 6.45) is 0. The van der Waals surface area contributed by atoms with Gasteiger partial charge in [0.15, 0.2) is 0 Å². The van der Waals surface area contributed by atoms with Crippen molar-refractivity contribution in [1.82, 2.24) is 4.72 Å². The smallest absolute Gasteiger partial charge is 0.338 e. The second-order valence-electron chi connectivity index (χ2n) is 8.36. The highest BCUT2D eigenvalue weighted by molar-refractivity contribution is 7.89. The van der Waals surface area contributed by atoms with E-state index < -0.39 is 16.0 Å². The van der Waals surface area contributed by atoms with Crippen LogP contribution < -0.4 is 4.72 Å². The molecule has 162 valence electrons. The summed E-state index contributed by atoms with van der Waals surface area (Å²) in [4.78, 5) is 12.5. The van der Waals surface area contributed by atoms with E-state index in [-0.39, 0.29) is 29.0 Å². The number of nitrogens with one attached hydrogen (secondary N) is 1. The van der Waals surface area contributed by atoms with E-state index >= 15 is 0 Å². The molecule has 0 fully saturated rings. The van der Waals surface area contributed by atoms with Crippen LogP contribution in [0.4, 0.5) is 0 Å². The van der Waals surface area contributed by atoms with Crippen LogP contribution in [0.1, 0.15) is 47.8 Å². The van der Waals surface area contributed by atoms with E-state index in [1.807, 2.05) is 54.6 Å². The van der Waals surface area contributed by atoms with Crippen molar-refractivity contribution in [3.05, 3.63) is 101 Å². The Bertz CT molecular complexity index is 1130. The Morgan fingerprint density at radius 1 is 0.871 bits per heavy atom. The van der Waals surface area contributed by atoms with Gasteiger partial charge in [-0.1, -0.05) is 81.4 Å². The number of esters is 1. The van der Waals surface area contributed by atoms with Gasteiger partial charge in [-0.3, -0.25) is 0 Å². The Labute approximate surface area is 184 Å². The number of ether oxygens (including phenoxy) is 1. The van der Waals surface area contributed by atoms with E-state index in [1.54, 1.807) is 6.07 Å². The van der Waals surface area contributed by atoms with Gasteiger partial charge in [-0.15, -0.1) is 0 Å². The van der Waals surface area contributed by atoms with Crippen LogP contribution in [0.5, 0.6) is 0 Å². The maximum Gasteiger partial charge on any atom is 0.338 e. The molecule has 0 aliphatic rings. The molecule has 0 aliphatic carbocycles. The first-order chi connectivity index (χ1) is 14.6. The summed E-state index contributed by atoms with van der Waals surface area (Å²) in [5, 5.41) is 0. The molecular weight excluding hydrogens is 410 g/mol. The maximum absolute atomic E-state index is 12.6. The number of carbonyl (C=O) groups excluding carboxylic acids is 1. The quantitative estimate of drug-likeness (QED) is 0.538. The number of sulfonamides is 1. The van der Waals surface area contributed by atoms with Gasteiger partial charge >= 0.3 is 5.97 Å². The second kappa shape index (κ2) is 9.45. The highest BCUT2D eigenvalue weighted by atomic mass is 32.2. The monoisotopic (exact) mass is 437 g/mol. The van der Waals surface area contributed by atoms with Gasteiger partial charge in [-0.2, -0.15) is 0 Å². The summed E-state index contributed by atoms with van der Waals surface area (Å²) in [6.45, 7) is 6.70. The number of hydrogen-bond donors (Lipinski definition) is 1. The SMILES string of the molecule is CC(C)(C)c1ccc(COC(=O)c2cccc(S(=O)(=O)NCc3ccccc3)c2)cc1. The zero-order valence-corrected chi connectivity index (χ0v) is 18.8. The van der Waals surface area contributed by atoms with Gasteiger partial charge in [-0.25, -0.2) is 17.9 Å². The molecule has 6 heteroatoms. The molecule has 0 atom stereocenters. The highest BCUT2D eigenvalue weighted by Gasteiger charge is 2.17. The molecule has 0 aromatic heterocycles. The van der Waals surface area contributed by atoms with Crippen molar-refractivity contribution >= 4 is 16.0 Å². The van der Waals surface area contributed by atoms with Gasteiger partial charge < -0.3 is 4.74 Å². The first-order valence-electron chi connectivity index (χ1n) is 10.1. The van der Waals surface area contributed by atoms with Crippen LogP contribution in [0.15, 0.2) is 83.8 Å². The summed E-state index contributed by atoms with van der Waals surface area (Å²) in [5.74, 6) is -0.569.